The van der Waals surface area contributed by atoms with E-state index in [4.69, 9.17) is 4.94 Å². The minimum Gasteiger partial charge on any atom is -0.247 e. The lowest BCUT2D eigenvalue weighted by Crippen LogP contribution is -2.18. The van der Waals surface area contributed by atoms with Gasteiger partial charge in [0.05, 0.1) is 24.3 Å². The first-order valence-electron chi connectivity index (χ1n) is 7.29. The molecule has 0 saturated carbocycles. The molecule has 0 aliphatic carbocycles. The lowest BCUT2D eigenvalue weighted by Gasteiger charge is -2.07. The number of hydrogen-bond acceptors (Lipinski definition) is 3. The molecule has 23 heavy (non-hydrogen) atoms. The topological polar surface area (TPSA) is 44.9 Å². The molecular formula is C18H14N4O. The quantitative estimate of drug-likeness (QED) is 0.581. The van der Waals surface area contributed by atoms with Crippen LogP contribution in [-0.2, 0) is 0 Å². The average molecular weight is 302 g/mol. The maximum Gasteiger partial charge on any atom is 0.0966 e. The zero-order valence-electron chi connectivity index (χ0n) is 12.3. The Labute approximate surface area is 133 Å². The first-order chi connectivity index (χ1) is 11.4. The number of hydrogen-bond donors (Lipinski definition) is 0. The van der Waals surface area contributed by atoms with Crippen molar-refractivity contribution in [3.8, 4) is 22.4 Å². The zero-order chi connectivity index (χ0) is 15.5. The van der Waals surface area contributed by atoms with Crippen LogP contribution in [0.1, 0.15) is 0 Å². The molecule has 0 aliphatic heterocycles. The molecule has 0 amide bonds. The van der Waals surface area contributed by atoms with Crippen LogP contribution in [0.25, 0.3) is 22.4 Å². The molecule has 0 aliphatic rings. The van der Waals surface area contributed by atoms with Gasteiger partial charge in [-0.05, 0) is 23.3 Å². The van der Waals surface area contributed by atoms with Crippen molar-refractivity contribution < 1.29 is 4.94 Å². The maximum absolute atomic E-state index is 5.48. The van der Waals surface area contributed by atoms with E-state index in [0.29, 0.717) is 0 Å². The summed E-state index contributed by atoms with van der Waals surface area (Å²) in [5.74, 6) is 0. The molecule has 4 rings (SSSR count). The lowest BCUT2D eigenvalue weighted by atomic mass is 9.98. The highest BCUT2D eigenvalue weighted by Gasteiger charge is 2.10. The summed E-state index contributed by atoms with van der Waals surface area (Å²) in [6.45, 7) is 0. The molecule has 0 spiro atoms. The fourth-order valence-corrected chi connectivity index (χ4v) is 2.46. The summed E-state index contributed by atoms with van der Waals surface area (Å²) < 4.78 is 0. The SMILES string of the molecule is c1ccc(-c2ccccc2-c2ccn(On3cccn3)n2)cc1. The largest absolute Gasteiger partial charge is 0.247 e. The molecule has 5 heteroatoms. The molecule has 5 nitrogen and oxygen atoms in total. The molecule has 0 atom stereocenters. The van der Waals surface area contributed by atoms with Gasteiger partial charge in [0.1, 0.15) is 0 Å². The summed E-state index contributed by atoms with van der Waals surface area (Å²) in [6.07, 6.45) is 5.12. The number of aromatic nitrogens is 4. The number of rotatable bonds is 4. The third-order valence-corrected chi connectivity index (χ3v) is 3.50. The molecule has 0 saturated heterocycles. The van der Waals surface area contributed by atoms with Crippen LogP contribution in [0.15, 0.2) is 85.3 Å². The highest BCUT2D eigenvalue weighted by molar-refractivity contribution is 5.81. The van der Waals surface area contributed by atoms with Crippen molar-refractivity contribution in [3.63, 3.8) is 0 Å². The fourth-order valence-electron chi connectivity index (χ4n) is 2.46. The standard InChI is InChI=1S/C18H14N4O/c1-2-7-15(8-3-1)16-9-4-5-10-17(16)18-11-14-22(20-18)23-21-13-6-12-19-21/h1-14H. The molecule has 0 fully saturated rings. The molecule has 4 aromatic rings. The van der Waals surface area contributed by atoms with E-state index in [1.165, 1.54) is 9.69 Å². The highest BCUT2D eigenvalue weighted by Crippen LogP contribution is 2.30. The van der Waals surface area contributed by atoms with Crippen LogP contribution < -0.4 is 4.94 Å². The van der Waals surface area contributed by atoms with E-state index in [0.717, 1.165) is 22.4 Å². The van der Waals surface area contributed by atoms with Gasteiger partial charge >= 0.3 is 0 Å². The van der Waals surface area contributed by atoms with Gasteiger partial charge in [-0.15, -0.1) is 10.2 Å². The number of nitrogens with zero attached hydrogens (tertiary/aromatic N) is 4. The van der Waals surface area contributed by atoms with Crippen molar-refractivity contribution in [2.45, 2.75) is 0 Å². The van der Waals surface area contributed by atoms with Gasteiger partial charge in [-0.2, -0.15) is 0 Å². The molecule has 0 N–H and O–H groups in total. The first kappa shape index (κ1) is 13.3. The van der Waals surface area contributed by atoms with E-state index in [2.05, 4.69) is 34.5 Å². The van der Waals surface area contributed by atoms with Crippen LogP contribution >= 0.6 is 0 Å². The van der Waals surface area contributed by atoms with Crippen molar-refractivity contribution in [1.82, 2.24) is 19.9 Å². The van der Waals surface area contributed by atoms with Gasteiger partial charge in [-0.3, -0.25) is 0 Å². The Morgan fingerprint density at radius 1 is 0.696 bits per heavy atom. The summed E-state index contributed by atoms with van der Waals surface area (Å²) in [6, 6.07) is 22.2. The van der Waals surface area contributed by atoms with Crippen molar-refractivity contribution >= 4 is 0 Å². The summed E-state index contributed by atoms with van der Waals surface area (Å²) in [5, 5.41) is 8.47. The van der Waals surface area contributed by atoms with E-state index in [-0.39, 0.29) is 0 Å². The van der Waals surface area contributed by atoms with Gasteiger partial charge in [0, 0.05) is 5.56 Å². The Bertz CT molecular complexity index is 898. The molecule has 0 bridgehead atoms. The lowest BCUT2D eigenvalue weighted by molar-refractivity contribution is -0.00877. The van der Waals surface area contributed by atoms with E-state index in [1.807, 2.05) is 36.4 Å². The minimum absolute atomic E-state index is 0.844. The second-order valence-corrected chi connectivity index (χ2v) is 5.01. The van der Waals surface area contributed by atoms with Gasteiger partial charge in [0.15, 0.2) is 0 Å². The molecule has 2 aromatic carbocycles. The normalized spacial score (nSPS) is 10.6. The molecule has 2 heterocycles. The Morgan fingerprint density at radius 3 is 2.26 bits per heavy atom. The van der Waals surface area contributed by atoms with Crippen molar-refractivity contribution in [3.05, 3.63) is 85.3 Å². The molecule has 2 aromatic heterocycles. The molecule has 0 unspecified atom stereocenters. The second-order valence-electron chi connectivity index (χ2n) is 5.01. The van der Waals surface area contributed by atoms with Gasteiger partial charge in [0.25, 0.3) is 0 Å². The van der Waals surface area contributed by atoms with Crippen molar-refractivity contribution in [2.75, 3.05) is 0 Å². The monoisotopic (exact) mass is 302 g/mol. The first-order valence-corrected chi connectivity index (χ1v) is 7.29. The fraction of sp³-hybridized carbons (Fsp3) is 0. The Morgan fingerprint density at radius 2 is 1.48 bits per heavy atom. The van der Waals surface area contributed by atoms with Crippen LogP contribution in [0.2, 0.25) is 0 Å². The van der Waals surface area contributed by atoms with Crippen molar-refractivity contribution in [2.24, 2.45) is 0 Å². The summed E-state index contributed by atoms with van der Waals surface area (Å²) >= 11 is 0. The van der Waals surface area contributed by atoms with Crippen molar-refractivity contribution in [1.29, 1.82) is 0 Å². The van der Waals surface area contributed by atoms with Crippen LogP contribution in [-0.4, -0.2) is 19.9 Å². The Kier molecular flexibility index (Phi) is 3.37. The number of benzene rings is 2. The second kappa shape index (κ2) is 5.81. The smallest absolute Gasteiger partial charge is 0.0966 e. The maximum atomic E-state index is 5.48. The average Bonchev–Trinajstić information content (AvgIpc) is 3.28. The predicted molar refractivity (Wildman–Crippen MR) is 87.3 cm³/mol. The summed E-state index contributed by atoms with van der Waals surface area (Å²) in [7, 11) is 0. The van der Waals surface area contributed by atoms with Gasteiger partial charge < -0.3 is 0 Å². The van der Waals surface area contributed by atoms with Crippen LogP contribution in [0.4, 0.5) is 0 Å². The van der Waals surface area contributed by atoms with E-state index in [9.17, 15) is 0 Å². The van der Waals surface area contributed by atoms with Crippen LogP contribution in [0.5, 0.6) is 0 Å². The predicted octanol–water partition coefficient (Wildman–Crippen LogP) is 3.31. The third kappa shape index (κ3) is 2.72. The van der Waals surface area contributed by atoms with Crippen LogP contribution in [0.3, 0.4) is 0 Å². The van der Waals surface area contributed by atoms with Gasteiger partial charge in [-0.25, -0.2) is 4.94 Å². The third-order valence-electron chi connectivity index (χ3n) is 3.50. The molecule has 112 valence electrons. The zero-order valence-corrected chi connectivity index (χ0v) is 12.3. The van der Waals surface area contributed by atoms with Gasteiger partial charge in [-0.1, -0.05) is 64.3 Å². The Hall–Kier alpha value is -3.34. The van der Waals surface area contributed by atoms with E-state index >= 15 is 0 Å². The molecule has 0 radical (unpaired) electrons. The Balaban J connectivity index is 1.70. The molecular weight excluding hydrogens is 288 g/mol. The van der Waals surface area contributed by atoms with E-state index < -0.39 is 0 Å². The highest BCUT2D eigenvalue weighted by atomic mass is 16.8. The van der Waals surface area contributed by atoms with Crippen LogP contribution in [0, 0.1) is 0 Å². The summed E-state index contributed by atoms with van der Waals surface area (Å²) in [4.78, 5) is 8.22. The minimum atomic E-state index is 0.844. The summed E-state index contributed by atoms with van der Waals surface area (Å²) in [5.41, 5.74) is 4.20. The van der Waals surface area contributed by atoms with Gasteiger partial charge in [0.2, 0.25) is 0 Å². The van der Waals surface area contributed by atoms with E-state index in [1.54, 1.807) is 24.7 Å².